The van der Waals surface area contributed by atoms with Gasteiger partial charge in [0.25, 0.3) is 0 Å². The lowest BCUT2D eigenvalue weighted by molar-refractivity contribution is -0.163. The van der Waals surface area contributed by atoms with Crippen LogP contribution in [0.2, 0.25) is 0 Å². The number of rotatable bonds is 2. The molecule has 0 aliphatic heterocycles. The van der Waals surface area contributed by atoms with Crippen molar-refractivity contribution in [2.24, 2.45) is 17.8 Å². The zero-order chi connectivity index (χ0) is 14.0. The predicted octanol–water partition coefficient (Wildman–Crippen LogP) is 3.83. The first-order valence-corrected chi connectivity index (χ1v) is 7.46. The fourth-order valence-electron chi connectivity index (χ4n) is 3.53. The molecule has 0 aromatic carbocycles. The van der Waals surface area contributed by atoms with Crippen molar-refractivity contribution in [1.29, 1.82) is 0 Å². The summed E-state index contributed by atoms with van der Waals surface area (Å²) in [5, 5.41) is 0. The molecule has 0 N–H and O–H groups in total. The van der Waals surface area contributed by atoms with Gasteiger partial charge in [0.05, 0.1) is 5.92 Å². The van der Waals surface area contributed by atoms with E-state index in [1.54, 1.807) is 0 Å². The number of hydrogen-bond donors (Lipinski definition) is 0. The maximum Gasteiger partial charge on any atom is 0.312 e. The van der Waals surface area contributed by atoms with Gasteiger partial charge in [0.1, 0.15) is 18.4 Å². The Hall–Kier alpha value is -0.670. The maximum absolute atomic E-state index is 14.1. The summed E-state index contributed by atoms with van der Waals surface area (Å²) in [6.07, 6.45) is 1.30. The van der Waals surface area contributed by atoms with E-state index in [4.69, 9.17) is 4.74 Å². The van der Waals surface area contributed by atoms with Crippen molar-refractivity contribution in [3.8, 4) is 0 Å². The summed E-state index contributed by atoms with van der Waals surface area (Å²) in [5.74, 6) is -0.673. The molecule has 19 heavy (non-hydrogen) atoms. The lowest BCUT2D eigenvalue weighted by atomic mass is 9.74. The molecule has 2 aliphatic carbocycles. The third-order valence-corrected chi connectivity index (χ3v) is 4.56. The molecule has 0 radical (unpaired) electrons. The third kappa shape index (κ3) is 3.67. The van der Waals surface area contributed by atoms with Gasteiger partial charge in [-0.25, -0.2) is 8.78 Å². The van der Waals surface area contributed by atoms with Crippen LogP contribution in [0.4, 0.5) is 8.78 Å². The molecule has 2 nitrogen and oxygen atoms in total. The van der Waals surface area contributed by atoms with Crippen molar-refractivity contribution in [2.45, 2.75) is 70.8 Å². The van der Waals surface area contributed by atoms with E-state index in [1.165, 1.54) is 0 Å². The molecule has 4 unspecified atom stereocenters. The number of carbonyl (C=O) groups excluding carboxylic acids is 1. The van der Waals surface area contributed by atoms with Crippen LogP contribution < -0.4 is 0 Å². The molecular formula is C15H24F2O2. The highest BCUT2D eigenvalue weighted by molar-refractivity contribution is 5.73. The Morgan fingerprint density at radius 3 is 2.26 bits per heavy atom. The van der Waals surface area contributed by atoms with Crippen molar-refractivity contribution >= 4 is 5.97 Å². The zero-order valence-corrected chi connectivity index (χ0v) is 11.8. The Morgan fingerprint density at radius 1 is 1.05 bits per heavy atom. The highest BCUT2D eigenvalue weighted by atomic mass is 19.1. The van der Waals surface area contributed by atoms with Crippen molar-refractivity contribution in [3.63, 3.8) is 0 Å². The molecule has 0 aromatic heterocycles. The molecule has 0 spiro atoms. The summed E-state index contributed by atoms with van der Waals surface area (Å²) in [7, 11) is 0. The van der Waals surface area contributed by atoms with Crippen molar-refractivity contribution in [2.75, 3.05) is 0 Å². The molecule has 4 atom stereocenters. The normalized spacial score (nSPS) is 43.8. The lowest BCUT2D eigenvalue weighted by Crippen LogP contribution is -2.40. The first-order chi connectivity index (χ1) is 8.97. The van der Waals surface area contributed by atoms with Crippen LogP contribution in [0.1, 0.15) is 52.4 Å². The standard InChI is InChI=1S/C15H24F2O2/c1-9-7-10(2)14(13(17)8-9)15(18)19-12-5-3-11(16)4-6-12/h9-14H,3-8H2,1-2H3. The topological polar surface area (TPSA) is 26.3 Å². The van der Waals surface area contributed by atoms with E-state index < -0.39 is 24.2 Å². The molecule has 0 amide bonds. The lowest BCUT2D eigenvalue weighted by Gasteiger charge is -2.35. The Kier molecular flexibility index (Phi) is 4.80. The number of hydrogen-bond acceptors (Lipinski definition) is 2. The van der Waals surface area contributed by atoms with Gasteiger partial charge in [-0.15, -0.1) is 0 Å². The van der Waals surface area contributed by atoms with E-state index in [1.807, 2.05) is 13.8 Å². The van der Waals surface area contributed by atoms with Crippen LogP contribution in [-0.4, -0.2) is 24.4 Å². The van der Waals surface area contributed by atoms with Gasteiger partial charge in [-0.05, 0) is 50.4 Å². The van der Waals surface area contributed by atoms with E-state index in [0.29, 0.717) is 38.0 Å². The molecule has 110 valence electrons. The van der Waals surface area contributed by atoms with Crippen LogP contribution in [0.15, 0.2) is 0 Å². The van der Waals surface area contributed by atoms with E-state index in [-0.39, 0.29) is 12.0 Å². The molecule has 0 aromatic rings. The van der Waals surface area contributed by atoms with Gasteiger partial charge in [0, 0.05) is 0 Å². The van der Waals surface area contributed by atoms with Crippen molar-refractivity contribution in [3.05, 3.63) is 0 Å². The fraction of sp³-hybridized carbons (Fsp3) is 0.933. The third-order valence-electron chi connectivity index (χ3n) is 4.56. The van der Waals surface area contributed by atoms with Crippen LogP contribution in [0, 0.1) is 17.8 Å². The second-order valence-electron chi connectivity index (χ2n) is 6.41. The number of halogens is 2. The van der Waals surface area contributed by atoms with Crippen molar-refractivity contribution < 1.29 is 18.3 Å². The van der Waals surface area contributed by atoms with Gasteiger partial charge in [-0.1, -0.05) is 13.8 Å². The van der Waals surface area contributed by atoms with Gasteiger partial charge in [-0.3, -0.25) is 4.79 Å². The van der Waals surface area contributed by atoms with Gasteiger partial charge < -0.3 is 4.74 Å². The maximum atomic E-state index is 14.1. The first-order valence-electron chi connectivity index (χ1n) is 7.46. The average molecular weight is 274 g/mol. The van der Waals surface area contributed by atoms with Crippen LogP contribution in [-0.2, 0) is 9.53 Å². The van der Waals surface area contributed by atoms with Crippen molar-refractivity contribution in [1.82, 2.24) is 0 Å². The minimum absolute atomic E-state index is 0.0313. The largest absolute Gasteiger partial charge is 0.462 e. The molecule has 2 fully saturated rings. The Labute approximate surface area is 113 Å². The van der Waals surface area contributed by atoms with Crippen LogP contribution >= 0.6 is 0 Å². The second-order valence-corrected chi connectivity index (χ2v) is 6.41. The molecule has 0 saturated heterocycles. The number of ether oxygens (including phenoxy) is 1. The Morgan fingerprint density at radius 2 is 1.68 bits per heavy atom. The number of esters is 1. The first kappa shape index (κ1) is 14.7. The van der Waals surface area contributed by atoms with Gasteiger partial charge in [-0.2, -0.15) is 0 Å². The zero-order valence-electron chi connectivity index (χ0n) is 11.8. The van der Waals surface area contributed by atoms with Crippen LogP contribution in [0.5, 0.6) is 0 Å². The fourth-order valence-corrected chi connectivity index (χ4v) is 3.53. The number of alkyl halides is 2. The molecule has 2 saturated carbocycles. The molecule has 2 rings (SSSR count). The SMILES string of the molecule is CC1CC(C)C(C(=O)OC2CCC(F)CC2)C(F)C1. The molecule has 2 aliphatic rings. The highest BCUT2D eigenvalue weighted by Crippen LogP contribution is 2.37. The van der Waals surface area contributed by atoms with Gasteiger partial charge in [0.2, 0.25) is 0 Å². The van der Waals surface area contributed by atoms with E-state index in [0.717, 1.165) is 6.42 Å². The van der Waals surface area contributed by atoms with E-state index in [2.05, 4.69) is 0 Å². The minimum Gasteiger partial charge on any atom is -0.462 e. The summed E-state index contributed by atoms with van der Waals surface area (Å²) >= 11 is 0. The van der Waals surface area contributed by atoms with Crippen LogP contribution in [0.3, 0.4) is 0 Å². The smallest absolute Gasteiger partial charge is 0.312 e. The highest BCUT2D eigenvalue weighted by Gasteiger charge is 2.41. The monoisotopic (exact) mass is 274 g/mol. The van der Waals surface area contributed by atoms with Gasteiger partial charge in [0.15, 0.2) is 0 Å². The summed E-state index contributed by atoms with van der Waals surface area (Å²) in [5.41, 5.74) is 0. The summed E-state index contributed by atoms with van der Waals surface area (Å²) in [4.78, 5) is 12.1. The summed E-state index contributed by atoms with van der Waals surface area (Å²) < 4.78 is 32.5. The average Bonchev–Trinajstić information content (AvgIpc) is 2.30. The molecular weight excluding hydrogens is 250 g/mol. The molecule has 4 heteroatoms. The quantitative estimate of drug-likeness (QED) is 0.715. The van der Waals surface area contributed by atoms with Gasteiger partial charge >= 0.3 is 5.97 Å². The van der Waals surface area contributed by atoms with E-state index in [9.17, 15) is 13.6 Å². The Bertz CT molecular complexity index is 301. The summed E-state index contributed by atoms with van der Waals surface area (Å²) in [6.45, 7) is 3.94. The number of carbonyl (C=O) groups is 1. The molecule has 0 heterocycles. The summed E-state index contributed by atoms with van der Waals surface area (Å²) in [6, 6.07) is 0. The second kappa shape index (κ2) is 6.19. The van der Waals surface area contributed by atoms with E-state index >= 15 is 0 Å². The Balaban J connectivity index is 1.88. The minimum atomic E-state index is -1.09. The van der Waals surface area contributed by atoms with Crippen LogP contribution in [0.25, 0.3) is 0 Å². The molecule has 0 bridgehead atoms. The predicted molar refractivity (Wildman–Crippen MR) is 69.2 cm³/mol.